The van der Waals surface area contributed by atoms with Crippen LogP contribution < -0.4 is 0 Å². The Morgan fingerprint density at radius 2 is 1.50 bits per heavy atom. The third kappa shape index (κ3) is 3.76. The molecule has 0 atom stereocenters. The maximum atomic E-state index is 10.7. The van der Waals surface area contributed by atoms with Gasteiger partial charge in [0.15, 0.2) is 0 Å². The minimum absolute atomic E-state index is 0.0599. The van der Waals surface area contributed by atoms with Gasteiger partial charge in [0.05, 0.1) is 10.6 Å². The number of carbonyl (C=O) groups is 1. The Morgan fingerprint density at radius 3 is 1.95 bits per heavy atom. The Balaban J connectivity index is 2.19. The number of carbonyl (C=O) groups excluding carboxylic acids is 1. The number of nitrogens with zero attached hydrogens (tertiary/aromatic N) is 2. The summed E-state index contributed by atoms with van der Waals surface area (Å²) in [5.41, 5.74) is 3.28. The van der Waals surface area contributed by atoms with Crippen molar-refractivity contribution < 1.29 is 14.6 Å². The van der Waals surface area contributed by atoms with Gasteiger partial charge >= 0.3 is 5.97 Å². The predicted molar refractivity (Wildman–Crippen MR) is 82.5 cm³/mol. The van der Waals surface area contributed by atoms with Gasteiger partial charge in [0.1, 0.15) is 0 Å². The highest BCUT2D eigenvalue weighted by Gasteiger charge is 2.06. The fourth-order valence-corrected chi connectivity index (χ4v) is 1.86. The van der Waals surface area contributed by atoms with Crippen molar-refractivity contribution in [1.82, 2.24) is 0 Å². The molecule has 0 aliphatic rings. The van der Waals surface area contributed by atoms with Crippen LogP contribution >= 0.6 is 0 Å². The topological polar surface area (TPSA) is 81.8 Å². The summed E-state index contributed by atoms with van der Waals surface area (Å²) in [7, 11) is 0. The van der Waals surface area contributed by atoms with Crippen LogP contribution in [0.5, 0.6) is 0 Å². The number of benzene rings is 2. The Morgan fingerprint density at radius 1 is 1.00 bits per heavy atom. The molecule has 0 unspecified atom stereocenters. The molecule has 0 aromatic heterocycles. The Kier molecular flexibility index (Phi) is 4.63. The molecule has 2 rings (SSSR count). The van der Waals surface area contributed by atoms with Gasteiger partial charge in [-0.15, -0.1) is 0 Å². The zero-order valence-electron chi connectivity index (χ0n) is 12.1. The lowest BCUT2D eigenvalue weighted by molar-refractivity contribution is -0.384. The summed E-state index contributed by atoms with van der Waals surface area (Å²) in [6.07, 6.45) is 0. The van der Waals surface area contributed by atoms with E-state index in [2.05, 4.69) is 9.99 Å². The lowest BCUT2D eigenvalue weighted by Gasteiger charge is -2.04. The molecule has 0 saturated carbocycles. The Hall–Kier alpha value is -3.02. The number of nitro groups is 1. The van der Waals surface area contributed by atoms with Crippen molar-refractivity contribution in [2.45, 2.75) is 13.8 Å². The van der Waals surface area contributed by atoms with Crippen molar-refractivity contribution in [2.75, 3.05) is 0 Å². The molecule has 0 aliphatic carbocycles. The maximum absolute atomic E-state index is 10.7. The Labute approximate surface area is 127 Å². The molecule has 6 heteroatoms. The van der Waals surface area contributed by atoms with Gasteiger partial charge in [-0.1, -0.05) is 29.4 Å². The van der Waals surface area contributed by atoms with E-state index in [4.69, 9.17) is 0 Å². The maximum Gasteiger partial charge on any atom is 0.331 e. The summed E-state index contributed by atoms with van der Waals surface area (Å²) in [4.78, 5) is 25.5. The van der Waals surface area contributed by atoms with E-state index in [1.807, 2.05) is 24.3 Å². The first-order valence-corrected chi connectivity index (χ1v) is 6.55. The van der Waals surface area contributed by atoms with Crippen molar-refractivity contribution in [3.63, 3.8) is 0 Å². The van der Waals surface area contributed by atoms with Gasteiger partial charge in [0, 0.05) is 19.1 Å². The highest BCUT2D eigenvalue weighted by atomic mass is 16.7. The van der Waals surface area contributed by atoms with Gasteiger partial charge in [-0.25, -0.2) is 4.79 Å². The molecule has 6 nitrogen and oxygen atoms in total. The lowest BCUT2D eigenvalue weighted by Crippen LogP contribution is -1.99. The SMILES string of the molecule is CC(=O)O/N=C(\C)c1ccc(-c2ccc([N+](=O)[O-])cc2)cc1. The fourth-order valence-electron chi connectivity index (χ4n) is 1.86. The monoisotopic (exact) mass is 298 g/mol. The van der Waals surface area contributed by atoms with Crippen LogP contribution in [0.3, 0.4) is 0 Å². The largest absolute Gasteiger partial charge is 0.331 e. The second-order valence-electron chi connectivity index (χ2n) is 4.64. The zero-order valence-corrected chi connectivity index (χ0v) is 12.1. The molecule has 0 bridgehead atoms. The van der Waals surface area contributed by atoms with Crippen molar-refractivity contribution in [3.8, 4) is 11.1 Å². The first kappa shape index (κ1) is 15.4. The van der Waals surface area contributed by atoms with E-state index in [0.717, 1.165) is 16.7 Å². The average molecular weight is 298 g/mol. The summed E-state index contributed by atoms with van der Waals surface area (Å²) in [5, 5.41) is 14.4. The van der Waals surface area contributed by atoms with E-state index in [-0.39, 0.29) is 5.69 Å². The first-order chi connectivity index (χ1) is 10.5. The second kappa shape index (κ2) is 6.62. The summed E-state index contributed by atoms with van der Waals surface area (Å²) >= 11 is 0. The number of non-ortho nitro benzene ring substituents is 1. The highest BCUT2D eigenvalue weighted by Crippen LogP contribution is 2.22. The third-order valence-electron chi connectivity index (χ3n) is 3.03. The number of hydrogen-bond donors (Lipinski definition) is 0. The van der Waals surface area contributed by atoms with Crippen LogP contribution in [-0.4, -0.2) is 16.6 Å². The molecule has 112 valence electrons. The van der Waals surface area contributed by atoms with Crippen LogP contribution in [0.4, 0.5) is 5.69 Å². The Bertz CT molecular complexity index is 719. The van der Waals surface area contributed by atoms with Crippen LogP contribution in [0.15, 0.2) is 53.7 Å². The van der Waals surface area contributed by atoms with Crippen molar-refractivity contribution in [3.05, 3.63) is 64.2 Å². The quantitative estimate of drug-likeness (QED) is 0.374. The summed E-state index contributed by atoms with van der Waals surface area (Å²) in [5.74, 6) is -0.471. The smallest absolute Gasteiger partial charge is 0.318 e. The molecule has 2 aromatic rings. The standard InChI is InChI=1S/C16H14N2O4/c1-11(17-22-12(2)19)13-3-5-14(6-4-13)15-7-9-16(10-8-15)18(20)21/h3-10H,1-2H3/b17-11+. The lowest BCUT2D eigenvalue weighted by atomic mass is 10.0. The molecule has 0 N–H and O–H groups in total. The minimum atomic E-state index is -0.471. The van der Waals surface area contributed by atoms with Crippen molar-refractivity contribution >= 4 is 17.4 Å². The zero-order chi connectivity index (χ0) is 16.1. The summed E-state index contributed by atoms with van der Waals surface area (Å²) in [6, 6.07) is 13.8. The molecule has 0 saturated heterocycles. The third-order valence-corrected chi connectivity index (χ3v) is 3.03. The van der Waals surface area contributed by atoms with E-state index >= 15 is 0 Å². The fraction of sp³-hybridized carbons (Fsp3) is 0.125. The van der Waals surface area contributed by atoms with Crippen LogP contribution in [0.25, 0.3) is 11.1 Å². The molecule has 0 amide bonds. The van der Waals surface area contributed by atoms with Crippen LogP contribution in [0, 0.1) is 10.1 Å². The molecule has 0 aliphatic heterocycles. The number of oxime groups is 1. The summed E-state index contributed by atoms with van der Waals surface area (Å²) in [6.45, 7) is 3.03. The highest BCUT2D eigenvalue weighted by molar-refractivity contribution is 5.99. The predicted octanol–water partition coefficient (Wildman–Crippen LogP) is 3.55. The first-order valence-electron chi connectivity index (χ1n) is 6.55. The van der Waals surface area contributed by atoms with E-state index in [0.29, 0.717) is 5.71 Å². The molecule has 0 heterocycles. The normalized spacial score (nSPS) is 11.1. The second-order valence-corrected chi connectivity index (χ2v) is 4.64. The summed E-state index contributed by atoms with van der Waals surface area (Å²) < 4.78 is 0. The minimum Gasteiger partial charge on any atom is -0.318 e. The number of hydrogen-bond acceptors (Lipinski definition) is 5. The molecular formula is C16H14N2O4. The van der Waals surface area contributed by atoms with Gasteiger partial charge < -0.3 is 4.84 Å². The molecule has 0 fully saturated rings. The number of rotatable bonds is 4. The van der Waals surface area contributed by atoms with Gasteiger partial charge in [0.2, 0.25) is 0 Å². The van der Waals surface area contributed by atoms with Gasteiger partial charge in [0.25, 0.3) is 5.69 Å². The van der Waals surface area contributed by atoms with Crippen LogP contribution in [-0.2, 0) is 9.63 Å². The van der Waals surface area contributed by atoms with E-state index in [1.54, 1.807) is 19.1 Å². The molecule has 0 spiro atoms. The van der Waals surface area contributed by atoms with E-state index in [1.165, 1.54) is 19.1 Å². The molecule has 0 radical (unpaired) electrons. The van der Waals surface area contributed by atoms with Crippen LogP contribution in [0.2, 0.25) is 0 Å². The van der Waals surface area contributed by atoms with E-state index in [9.17, 15) is 14.9 Å². The average Bonchev–Trinajstić information content (AvgIpc) is 2.53. The van der Waals surface area contributed by atoms with Crippen molar-refractivity contribution in [2.24, 2.45) is 5.16 Å². The molecule has 2 aromatic carbocycles. The number of nitro benzene ring substituents is 1. The van der Waals surface area contributed by atoms with Gasteiger partial charge in [-0.3, -0.25) is 10.1 Å². The van der Waals surface area contributed by atoms with Crippen LogP contribution in [0.1, 0.15) is 19.4 Å². The molecule has 22 heavy (non-hydrogen) atoms. The van der Waals surface area contributed by atoms with Gasteiger partial charge in [-0.2, -0.15) is 0 Å². The van der Waals surface area contributed by atoms with Crippen molar-refractivity contribution in [1.29, 1.82) is 0 Å². The van der Waals surface area contributed by atoms with E-state index < -0.39 is 10.9 Å². The van der Waals surface area contributed by atoms with Gasteiger partial charge in [-0.05, 0) is 35.7 Å². The molecular weight excluding hydrogens is 284 g/mol.